The molecule has 0 atom stereocenters. The lowest BCUT2D eigenvalue weighted by molar-refractivity contribution is 0.0599. The van der Waals surface area contributed by atoms with Gasteiger partial charge in [0, 0.05) is 6.54 Å². The van der Waals surface area contributed by atoms with Crippen LogP contribution in [0.3, 0.4) is 0 Å². The molecule has 0 aromatic carbocycles. The Labute approximate surface area is 102 Å². The summed E-state index contributed by atoms with van der Waals surface area (Å²) in [5.74, 6) is 1.00. The number of methoxy groups -OCH3 is 1. The molecule has 1 aromatic heterocycles. The molecule has 96 valence electrons. The molecule has 4 heteroatoms. The Morgan fingerprint density at radius 1 is 1.47 bits per heavy atom. The van der Waals surface area contributed by atoms with Crippen molar-refractivity contribution in [3.8, 4) is 0 Å². The number of aryl methyl sites for hydroxylation is 1. The maximum Gasteiger partial charge on any atom is 0.341 e. The van der Waals surface area contributed by atoms with Gasteiger partial charge in [0.25, 0.3) is 0 Å². The number of carbonyl (C=O) groups excluding carboxylic acids is 1. The summed E-state index contributed by atoms with van der Waals surface area (Å²) in [5.41, 5.74) is 0.729. The van der Waals surface area contributed by atoms with Gasteiger partial charge in [0.05, 0.1) is 13.7 Å². The number of carbonyl (C=O) groups is 1. The fourth-order valence-electron chi connectivity index (χ4n) is 1.50. The van der Waals surface area contributed by atoms with Crippen molar-refractivity contribution < 1.29 is 13.9 Å². The first kappa shape index (κ1) is 13.8. The molecule has 0 fully saturated rings. The summed E-state index contributed by atoms with van der Waals surface area (Å²) in [6.07, 6.45) is 0. The topological polar surface area (TPSA) is 51.5 Å². The van der Waals surface area contributed by atoms with Crippen molar-refractivity contribution >= 4 is 5.97 Å². The molecule has 0 bridgehead atoms. The van der Waals surface area contributed by atoms with Gasteiger partial charge in [-0.05, 0) is 18.4 Å². The number of nitrogens with one attached hydrogen (secondary N) is 1. The molecule has 0 saturated carbocycles. The van der Waals surface area contributed by atoms with Crippen LogP contribution in [0.1, 0.15) is 42.6 Å². The number of hydrogen-bond donors (Lipinski definition) is 1. The average Bonchev–Trinajstić information content (AvgIpc) is 2.57. The predicted octanol–water partition coefficient (Wildman–Crippen LogP) is 2.51. The van der Waals surface area contributed by atoms with Gasteiger partial charge < -0.3 is 14.5 Å². The zero-order valence-corrected chi connectivity index (χ0v) is 11.2. The third-order valence-corrected chi connectivity index (χ3v) is 2.33. The van der Waals surface area contributed by atoms with Crippen LogP contribution in [0, 0.1) is 12.3 Å². The molecule has 17 heavy (non-hydrogen) atoms. The fraction of sp³-hybridized carbons (Fsp3) is 0.615. The number of ether oxygens (including phenoxy) is 1. The van der Waals surface area contributed by atoms with Gasteiger partial charge >= 0.3 is 5.97 Å². The van der Waals surface area contributed by atoms with E-state index in [2.05, 4.69) is 30.8 Å². The summed E-state index contributed by atoms with van der Waals surface area (Å²) in [6.45, 7) is 9.75. The highest BCUT2D eigenvalue weighted by Crippen LogP contribution is 2.16. The molecule has 4 nitrogen and oxygen atoms in total. The molecular formula is C13H21NO3. The van der Waals surface area contributed by atoms with Crippen LogP contribution >= 0.6 is 0 Å². The Morgan fingerprint density at radius 3 is 2.65 bits per heavy atom. The highest BCUT2D eigenvalue weighted by molar-refractivity contribution is 5.90. The van der Waals surface area contributed by atoms with Gasteiger partial charge in [-0.25, -0.2) is 4.79 Å². The van der Waals surface area contributed by atoms with E-state index >= 15 is 0 Å². The molecule has 0 unspecified atom stereocenters. The van der Waals surface area contributed by atoms with E-state index in [1.807, 2.05) is 0 Å². The first-order valence-corrected chi connectivity index (χ1v) is 5.72. The molecule has 0 aliphatic rings. The Hall–Kier alpha value is -1.29. The second-order valence-electron chi connectivity index (χ2n) is 5.34. The molecular weight excluding hydrogens is 218 g/mol. The summed E-state index contributed by atoms with van der Waals surface area (Å²) >= 11 is 0. The maximum atomic E-state index is 11.4. The van der Waals surface area contributed by atoms with Crippen LogP contribution < -0.4 is 5.32 Å². The standard InChI is InChI=1S/C13H21NO3/c1-9-11(12(15)16-5)6-10(17-9)7-14-8-13(2,3)4/h6,14H,7-8H2,1-5H3. The van der Waals surface area contributed by atoms with Gasteiger partial charge in [0.1, 0.15) is 17.1 Å². The Bertz CT molecular complexity index is 388. The minimum atomic E-state index is -0.353. The van der Waals surface area contributed by atoms with Crippen LogP contribution in [0.5, 0.6) is 0 Å². The Balaban J connectivity index is 2.59. The molecule has 0 spiro atoms. The SMILES string of the molecule is COC(=O)c1cc(CNCC(C)(C)C)oc1C. The van der Waals surface area contributed by atoms with E-state index in [9.17, 15) is 4.79 Å². The lowest BCUT2D eigenvalue weighted by atomic mass is 9.97. The fourth-order valence-corrected chi connectivity index (χ4v) is 1.50. The van der Waals surface area contributed by atoms with E-state index in [0.717, 1.165) is 12.3 Å². The average molecular weight is 239 g/mol. The normalized spacial score (nSPS) is 11.6. The Kier molecular flexibility index (Phi) is 4.34. The van der Waals surface area contributed by atoms with Crippen LogP contribution in [-0.4, -0.2) is 19.6 Å². The second kappa shape index (κ2) is 5.36. The lowest BCUT2D eigenvalue weighted by Crippen LogP contribution is -2.26. The third-order valence-electron chi connectivity index (χ3n) is 2.33. The van der Waals surface area contributed by atoms with Gasteiger partial charge in [0.15, 0.2) is 0 Å². The zero-order chi connectivity index (χ0) is 13.1. The third kappa shape index (κ3) is 4.23. The van der Waals surface area contributed by atoms with E-state index in [1.54, 1.807) is 13.0 Å². The minimum Gasteiger partial charge on any atom is -0.465 e. The van der Waals surface area contributed by atoms with E-state index in [-0.39, 0.29) is 11.4 Å². The van der Waals surface area contributed by atoms with Gasteiger partial charge in [-0.1, -0.05) is 20.8 Å². The van der Waals surface area contributed by atoms with Gasteiger partial charge in [-0.2, -0.15) is 0 Å². The molecule has 0 amide bonds. The van der Waals surface area contributed by atoms with Crippen molar-refractivity contribution in [3.63, 3.8) is 0 Å². The van der Waals surface area contributed by atoms with E-state index in [0.29, 0.717) is 17.9 Å². The van der Waals surface area contributed by atoms with Crippen molar-refractivity contribution in [2.24, 2.45) is 5.41 Å². The summed E-state index contributed by atoms with van der Waals surface area (Å²) in [4.78, 5) is 11.4. The predicted molar refractivity (Wildman–Crippen MR) is 65.9 cm³/mol. The summed E-state index contributed by atoms with van der Waals surface area (Å²) < 4.78 is 10.2. The monoisotopic (exact) mass is 239 g/mol. The molecule has 0 aliphatic carbocycles. The molecule has 1 N–H and O–H groups in total. The van der Waals surface area contributed by atoms with Crippen molar-refractivity contribution in [3.05, 3.63) is 23.2 Å². The Morgan fingerprint density at radius 2 is 2.12 bits per heavy atom. The molecule has 0 saturated heterocycles. The van der Waals surface area contributed by atoms with Crippen molar-refractivity contribution in [1.82, 2.24) is 5.32 Å². The van der Waals surface area contributed by atoms with Crippen LogP contribution in [0.2, 0.25) is 0 Å². The smallest absolute Gasteiger partial charge is 0.341 e. The van der Waals surface area contributed by atoms with Crippen molar-refractivity contribution in [1.29, 1.82) is 0 Å². The number of rotatable bonds is 4. The first-order chi connectivity index (χ1) is 7.83. The van der Waals surface area contributed by atoms with Crippen LogP contribution in [0.15, 0.2) is 10.5 Å². The van der Waals surface area contributed by atoms with Crippen LogP contribution in [0.25, 0.3) is 0 Å². The second-order valence-corrected chi connectivity index (χ2v) is 5.34. The molecule has 0 radical (unpaired) electrons. The molecule has 1 heterocycles. The molecule has 0 aliphatic heterocycles. The zero-order valence-electron chi connectivity index (χ0n) is 11.2. The number of furan rings is 1. The minimum absolute atomic E-state index is 0.229. The number of hydrogen-bond acceptors (Lipinski definition) is 4. The van der Waals surface area contributed by atoms with E-state index in [1.165, 1.54) is 7.11 Å². The van der Waals surface area contributed by atoms with Gasteiger partial charge in [-0.3, -0.25) is 0 Å². The van der Waals surface area contributed by atoms with Gasteiger partial charge in [0.2, 0.25) is 0 Å². The van der Waals surface area contributed by atoms with E-state index < -0.39 is 0 Å². The largest absolute Gasteiger partial charge is 0.465 e. The van der Waals surface area contributed by atoms with Crippen molar-refractivity contribution in [2.75, 3.05) is 13.7 Å². The summed E-state index contributed by atoms with van der Waals surface area (Å²) in [5, 5.41) is 3.29. The van der Waals surface area contributed by atoms with Crippen LogP contribution in [0.4, 0.5) is 0 Å². The summed E-state index contributed by atoms with van der Waals surface area (Å²) in [7, 11) is 1.37. The maximum absolute atomic E-state index is 11.4. The van der Waals surface area contributed by atoms with Crippen LogP contribution in [-0.2, 0) is 11.3 Å². The van der Waals surface area contributed by atoms with Gasteiger partial charge in [-0.15, -0.1) is 0 Å². The highest BCUT2D eigenvalue weighted by atomic mass is 16.5. The van der Waals surface area contributed by atoms with E-state index in [4.69, 9.17) is 4.42 Å². The van der Waals surface area contributed by atoms with Crippen molar-refractivity contribution in [2.45, 2.75) is 34.2 Å². The number of esters is 1. The quantitative estimate of drug-likeness (QED) is 0.820. The molecule has 1 rings (SSSR count). The first-order valence-electron chi connectivity index (χ1n) is 5.72. The molecule has 1 aromatic rings. The highest BCUT2D eigenvalue weighted by Gasteiger charge is 2.15. The summed E-state index contributed by atoms with van der Waals surface area (Å²) in [6, 6.07) is 1.73. The lowest BCUT2D eigenvalue weighted by Gasteiger charge is -2.18.